The molecule has 6 heteroatoms. The molecule has 0 saturated carbocycles. The summed E-state index contributed by atoms with van der Waals surface area (Å²) in [5.41, 5.74) is 2.58. The number of nitrogens with zero attached hydrogens (tertiary/aromatic N) is 2. The summed E-state index contributed by atoms with van der Waals surface area (Å²) in [6.45, 7) is 0.928. The van der Waals surface area contributed by atoms with Crippen LogP contribution in [0.3, 0.4) is 0 Å². The number of aromatic nitrogens is 1. The fourth-order valence-electron chi connectivity index (χ4n) is 2.84. The van der Waals surface area contributed by atoms with Crippen molar-refractivity contribution in [2.24, 2.45) is 0 Å². The molecule has 0 aliphatic carbocycles. The minimum absolute atomic E-state index is 0.0887. The SMILES string of the molecule is O=C(c1csc(COc2ccc(F)cc2)n1)N1CCc2ccccc21. The van der Waals surface area contributed by atoms with Gasteiger partial charge in [0.05, 0.1) is 0 Å². The van der Waals surface area contributed by atoms with Crippen LogP contribution in [0.2, 0.25) is 0 Å². The van der Waals surface area contributed by atoms with Gasteiger partial charge in [-0.05, 0) is 42.3 Å². The maximum atomic E-state index is 12.9. The van der Waals surface area contributed by atoms with Crippen molar-refractivity contribution in [1.29, 1.82) is 0 Å². The van der Waals surface area contributed by atoms with Crippen LogP contribution in [0, 0.1) is 5.82 Å². The summed E-state index contributed by atoms with van der Waals surface area (Å²) in [4.78, 5) is 18.9. The van der Waals surface area contributed by atoms with Gasteiger partial charge in [-0.3, -0.25) is 4.79 Å². The van der Waals surface area contributed by atoms with Gasteiger partial charge in [0.2, 0.25) is 0 Å². The molecule has 1 amide bonds. The van der Waals surface area contributed by atoms with Gasteiger partial charge in [0, 0.05) is 17.6 Å². The second-order valence-electron chi connectivity index (χ2n) is 5.70. The van der Waals surface area contributed by atoms with E-state index in [4.69, 9.17) is 4.74 Å². The Kier molecular flexibility index (Phi) is 4.19. The monoisotopic (exact) mass is 354 g/mol. The first-order valence-electron chi connectivity index (χ1n) is 7.93. The standard InChI is InChI=1S/C19H15FN2O2S/c20-14-5-7-15(8-6-14)24-11-18-21-16(12-25-18)19(23)22-10-9-13-3-1-2-4-17(13)22/h1-8,12H,9-11H2. The number of thiazole rings is 1. The summed E-state index contributed by atoms with van der Waals surface area (Å²) < 4.78 is 18.5. The highest BCUT2D eigenvalue weighted by molar-refractivity contribution is 7.09. The van der Waals surface area contributed by atoms with Crippen molar-refractivity contribution in [3.05, 3.63) is 76.0 Å². The molecule has 0 atom stereocenters. The van der Waals surface area contributed by atoms with Crippen LogP contribution >= 0.6 is 11.3 Å². The number of halogens is 1. The lowest BCUT2D eigenvalue weighted by Crippen LogP contribution is -2.29. The van der Waals surface area contributed by atoms with Gasteiger partial charge >= 0.3 is 0 Å². The normalized spacial score (nSPS) is 12.9. The lowest BCUT2D eigenvalue weighted by Gasteiger charge is -2.15. The number of ether oxygens (including phenoxy) is 1. The molecule has 1 aliphatic rings. The van der Waals surface area contributed by atoms with Gasteiger partial charge in [0.25, 0.3) is 5.91 Å². The highest BCUT2D eigenvalue weighted by Gasteiger charge is 2.26. The van der Waals surface area contributed by atoms with E-state index < -0.39 is 0 Å². The maximum absolute atomic E-state index is 12.9. The van der Waals surface area contributed by atoms with Crippen molar-refractivity contribution in [1.82, 2.24) is 4.98 Å². The first-order valence-corrected chi connectivity index (χ1v) is 8.81. The Hall–Kier alpha value is -2.73. The van der Waals surface area contributed by atoms with Crippen molar-refractivity contribution >= 4 is 22.9 Å². The molecule has 3 aromatic rings. The number of benzene rings is 2. The highest BCUT2D eigenvalue weighted by Crippen LogP contribution is 2.29. The van der Waals surface area contributed by atoms with Gasteiger partial charge in [-0.15, -0.1) is 11.3 Å². The Morgan fingerprint density at radius 1 is 1.20 bits per heavy atom. The summed E-state index contributed by atoms with van der Waals surface area (Å²) in [5, 5.41) is 2.47. The molecule has 0 N–H and O–H groups in total. The first kappa shape index (κ1) is 15.8. The fraction of sp³-hybridized carbons (Fsp3) is 0.158. The second-order valence-corrected chi connectivity index (χ2v) is 6.65. The molecule has 1 aliphatic heterocycles. The van der Waals surface area contributed by atoms with E-state index in [1.165, 1.54) is 29.0 Å². The number of carbonyl (C=O) groups excluding carboxylic acids is 1. The van der Waals surface area contributed by atoms with E-state index in [-0.39, 0.29) is 18.3 Å². The fourth-order valence-corrected chi connectivity index (χ4v) is 3.52. The molecule has 2 heterocycles. The van der Waals surface area contributed by atoms with Crippen LogP contribution in [0.15, 0.2) is 53.9 Å². The van der Waals surface area contributed by atoms with E-state index >= 15 is 0 Å². The van der Waals surface area contributed by atoms with E-state index in [9.17, 15) is 9.18 Å². The topological polar surface area (TPSA) is 42.4 Å². The zero-order valence-electron chi connectivity index (χ0n) is 13.3. The maximum Gasteiger partial charge on any atom is 0.277 e. The third-order valence-corrected chi connectivity index (χ3v) is 4.90. The van der Waals surface area contributed by atoms with Crippen LogP contribution in [-0.4, -0.2) is 17.4 Å². The van der Waals surface area contributed by atoms with E-state index in [0.717, 1.165) is 12.1 Å². The number of hydrogen-bond donors (Lipinski definition) is 0. The molecule has 2 aromatic carbocycles. The van der Waals surface area contributed by atoms with E-state index in [1.54, 1.807) is 22.4 Å². The third-order valence-electron chi connectivity index (χ3n) is 4.08. The van der Waals surface area contributed by atoms with Crippen molar-refractivity contribution in [3.63, 3.8) is 0 Å². The quantitative estimate of drug-likeness (QED) is 0.709. The molecule has 0 saturated heterocycles. The zero-order valence-corrected chi connectivity index (χ0v) is 14.1. The van der Waals surface area contributed by atoms with Crippen LogP contribution < -0.4 is 9.64 Å². The number of hydrogen-bond acceptors (Lipinski definition) is 4. The predicted octanol–water partition coefficient (Wildman–Crippen LogP) is 4.06. The van der Waals surface area contributed by atoms with Crippen molar-refractivity contribution in [2.75, 3.05) is 11.4 Å². The molecule has 25 heavy (non-hydrogen) atoms. The number of carbonyl (C=O) groups is 1. The summed E-state index contributed by atoms with van der Waals surface area (Å²) in [7, 11) is 0. The van der Waals surface area contributed by atoms with Crippen LogP contribution in [0.25, 0.3) is 0 Å². The Balaban J connectivity index is 1.44. The van der Waals surface area contributed by atoms with E-state index in [1.807, 2.05) is 24.3 Å². The number of anilines is 1. The summed E-state index contributed by atoms with van der Waals surface area (Å²) in [5.74, 6) is 0.174. The number of rotatable bonds is 4. The lowest BCUT2D eigenvalue weighted by atomic mass is 10.2. The number of para-hydroxylation sites is 1. The van der Waals surface area contributed by atoms with Crippen LogP contribution in [0.5, 0.6) is 5.75 Å². The molecule has 0 radical (unpaired) electrons. The van der Waals surface area contributed by atoms with Crippen molar-refractivity contribution in [3.8, 4) is 5.75 Å². The Labute approximate surface area is 148 Å². The zero-order chi connectivity index (χ0) is 17.2. The Morgan fingerprint density at radius 3 is 2.84 bits per heavy atom. The minimum atomic E-state index is -0.305. The minimum Gasteiger partial charge on any atom is -0.486 e. The molecular formula is C19H15FN2O2S. The van der Waals surface area contributed by atoms with Gasteiger partial charge < -0.3 is 9.64 Å². The summed E-state index contributed by atoms with van der Waals surface area (Å²) in [6.07, 6.45) is 0.868. The number of amides is 1. The Bertz CT molecular complexity index is 908. The van der Waals surface area contributed by atoms with Crippen molar-refractivity contribution < 1.29 is 13.9 Å². The summed E-state index contributed by atoms with van der Waals surface area (Å²) in [6, 6.07) is 13.8. The molecule has 0 spiro atoms. The van der Waals surface area contributed by atoms with Gasteiger partial charge in [-0.25, -0.2) is 9.37 Å². The molecule has 126 valence electrons. The molecule has 0 bridgehead atoms. The Morgan fingerprint density at radius 2 is 2.00 bits per heavy atom. The molecule has 4 rings (SSSR count). The van der Waals surface area contributed by atoms with Crippen LogP contribution in [-0.2, 0) is 13.0 Å². The lowest BCUT2D eigenvalue weighted by molar-refractivity contribution is 0.0985. The van der Waals surface area contributed by atoms with Gasteiger partial charge in [0.15, 0.2) is 0 Å². The predicted molar refractivity (Wildman–Crippen MR) is 94.7 cm³/mol. The first-order chi connectivity index (χ1) is 12.2. The van der Waals surface area contributed by atoms with Gasteiger partial charge in [0.1, 0.15) is 28.9 Å². The third kappa shape index (κ3) is 3.25. The summed E-state index contributed by atoms with van der Waals surface area (Å²) >= 11 is 1.38. The average Bonchev–Trinajstić information content (AvgIpc) is 3.28. The van der Waals surface area contributed by atoms with Crippen LogP contribution in [0.1, 0.15) is 21.1 Å². The molecule has 0 unspecified atom stereocenters. The smallest absolute Gasteiger partial charge is 0.277 e. The van der Waals surface area contributed by atoms with Gasteiger partial charge in [-0.2, -0.15) is 0 Å². The van der Waals surface area contributed by atoms with E-state index in [0.29, 0.717) is 23.0 Å². The van der Waals surface area contributed by atoms with Crippen LogP contribution in [0.4, 0.5) is 10.1 Å². The highest BCUT2D eigenvalue weighted by atomic mass is 32.1. The molecular weight excluding hydrogens is 339 g/mol. The average molecular weight is 354 g/mol. The van der Waals surface area contributed by atoms with Gasteiger partial charge in [-0.1, -0.05) is 18.2 Å². The largest absolute Gasteiger partial charge is 0.486 e. The molecule has 0 fully saturated rings. The molecule has 4 nitrogen and oxygen atoms in total. The second kappa shape index (κ2) is 6.64. The molecule has 1 aromatic heterocycles. The number of fused-ring (bicyclic) bond motifs is 1. The van der Waals surface area contributed by atoms with Crippen molar-refractivity contribution in [2.45, 2.75) is 13.0 Å². The van der Waals surface area contributed by atoms with E-state index in [2.05, 4.69) is 4.98 Å².